The van der Waals surface area contributed by atoms with Crippen LogP contribution in [0.1, 0.15) is 24.2 Å². The number of aliphatic carboxylic acids is 1. The van der Waals surface area contributed by atoms with Crippen LogP contribution in [0, 0.1) is 5.82 Å². The first-order chi connectivity index (χ1) is 8.73. The summed E-state index contributed by atoms with van der Waals surface area (Å²) in [6.45, 7) is 2.72. The van der Waals surface area contributed by atoms with Crippen molar-refractivity contribution >= 4 is 11.9 Å². The molecule has 0 aromatic heterocycles. The van der Waals surface area contributed by atoms with Crippen LogP contribution < -0.4 is 4.74 Å². The Balaban J connectivity index is 3.25. The van der Waals surface area contributed by atoms with Crippen LogP contribution in [0.15, 0.2) is 18.2 Å². The summed E-state index contributed by atoms with van der Waals surface area (Å²) < 4.78 is 18.7. The molecule has 0 aliphatic carbocycles. The van der Waals surface area contributed by atoms with E-state index in [0.717, 1.165) is 11.0 Å². The maximum atomic E-state index is 13.8. The van der Waals surface area contributed by atoms with Gasteiger partial charge >= 0.3 is 5.97 Å². The van der Waals surface area contributed by atoms with Gasteiger partial charge in [-0.15, -0.1) is 0 Å². The van der Waals surface area contributed by atoms with Gasteiger partial charge in [0.2, 0.25) is 0 Å². The molecule has 0 aliphatic heterocycles. The van der Waals surface area contributed by atoms with Crippen molar-refractivity contribution in [2.24, 2.45) is 0 Å². The normalized spacial score (nSPS) is 11.0. The number of methoxy groups -OCH3 is 1. The highest BCUT2D eigenvalue weighted by Gasteiger charge is 2.37. The first-order valence-electron chi connectivity index (χ1n) is 5.57. The number of rotatable bonds is 4. The van der Waals surface area contributed by atoms with Crippen LogP contribution in [0.25, 0.3) is 0 Å². The Kier molecular flexibility index (Phi) is 4.14. The summed E-state index contributed by atoms with van der Waals surface area (Å²) in [7, 11) is 2.62. The number of carboxylic acid groups (broad SMARTS) is 1. The van der Waals surface area contributed by atoms with E-state index in [4.69, 9.17) is 9.84 Å². The SMILES string of the molecule is COc1cccc(F)c1C(=O)N(C)C(C)(C)C(=O)O. The van der Waals surface area contributed by atoms with Gasteiger partial charge in [0.05, 0.1) is 7.11 Å². The van der Waals surface area contributed by atoms with Crippen LogP contribution in [0.2, 0.25) is 0 Å². The fraction of sp³-hybridized carbons (Fsp3) is 0.385. The first kappa shape index (κ1) is 14.9. The molecular formula is C13H16FNO4. The van der Waals surface area contributed by atoms with E-state index in [-0.39, 0.29) is 11.3 Å². The second-order valence-corrected chi connectivity index (χ2v) is 4.55. The number of carbonyl (C=O) groups excluding carboxylic acids is 1. The summed E-state index contributed by atoms with van der Waals surface area (Å²) in [4.78, 5) is 24.3. The number of ether oxygens (including phenoxy) is 1. The van der Waals surface area contributed by atoms with E-state index >= 15 is 0 Å². The van der Waals surface area contributed by atoms with Gasteiger partial charge in [0.15, 0.2) is 0 Å². The molecule has 5 nitrogen and oxygen atoms in total. The van der Waals surface area contributed by atoms with Crippen molar-refractivity contribution in [1.29, 1.82) is 0 Å². The lowest BCUT2D eigenvalue weighted by atomic mass is 10.0. The molecule has 1 aromatic carbocycles. The average Bonchev–Trinajstić information content (AvgIpc) is 2.36. The van der Waals surface area contributed by atoms with Gasteiger partial charge in [-0.2, -0.15) is 0 Å². The molecule has 0 atom stereocenters. The fourth-order valence-corrected chi connectivity index (χ4v) is 1.45. The van der Waals surface area contributed by atoms with E-state index in [9.17, 15) is 14.0 Å². The van der Waals surface area contributed by atoms with Crippen LogP contribution in [-0.2, 0) is 4.79 Å². The van der Waals surface area contributed by atoms with Gasteiger partial charge in [-0.25, -0.2) is 9.18 Å². The maximum Gasteiger partial charge on any atom is 0.329 e. The number of nitrogens with zero attached hydrogens (tertiary/aromatic N) is 1. The Labute approximate surface area is 110 Å². The predicted octanol–water partition coefficient (Wildman–Crippen LogP) is 1.77. The van der Waals surface area contributed by atoms with Gasteiger partial charge in [0, 0.05) is 7.05 Å². The van der Waals surface area contributed by atoms with Gasteiger partial charge in [-0.3, -0.25) is 4.79 Å². The number of likely N-dealkylation sites (N-methyl/N-ethyl adjacent to an activating group) is 1. The molecule has 0 spiro atoms. The minimum atomic E-state index is -1.45. The zero-order chi connectivity index (χ0) is 14.8. The molecule has 0 unspecified atom stereocenters. The van der Waals surface area contributed by atoms with Gasteiger partial charge in [-0.1, -0.05) is 6.07 Å². The molecule has 6 heteroatoms. The molecule has 1 amide bonds. The number of halogens is 1. The summed E-state index contributed by atoms with van der Waals surface area (Å²) in [5, 5.41) is 9.08. The molecule has 1 aromatic rings. The molecule has 0 heterocycles. The van der Waals surface area contributed by atoms with Gasteiger partial charge in [-0.05, 0) is 26.0 Å². The first-order valence-corrected chi connectivity index (χ1v) is 5.57. The van der Waals surface area contributed by atoms with E-state index in [1.54, 1.807) is 0 Å². The molecule has 0 fully saturated rings. The molecule has 0 aliphatic rings. The summed E-state index contributed by atoms with van der Waals surface area (Å²) in [5.41, 5.74) is -1.73. The van der Waals surface area contributed by atoms with Crippen molar-refractivity contribution in [3.63, 3.8) is 0 Å². The highest BCUT2D eigenvalue weighted by Crippen LogP contribution is 2.25. The standard InChI is InChI=1S/C13H16FNO4/c1-13(2,12(17)18)15(3)11(16)10-8(14)6-5-7-9(10)19-4/h5-7H,1-4H3,(H,17,18). The highest BCUT2D eigenvalue weighted by atomic mass is 19.1. The molecule has 19 heavy (non-hydrogen) atoms. The average molecular weight is 269 g/mol. The zero-order valence-corrected chi connectivity index (χ0v) is 11.2. The summed E-state index contributed by atoms with van der Waals surface area (Å²) in [5.74, 6) is -2.61. The highest BCUT2D eigenvalue weighted by molar-refractivity contribution is 5.99. The third-order valence-corrected chi connectivity index (χ3v) is 3.08. The van der Waals surface area contributed by atoms with E-state index in [1.165, 1.54) is 40.1 Å². The second kappa shape index (κ2) is 5.26. The minimum Gasteiger partial charge on any atom is -0.496 e. The number of carboxylic acids is 1. The molecule has 1 N–H and O–H groups in total. The van der Waals surface area contributed by atoms with E-state index in [2.05, 4.69) is 0 Å². The van der Waals surface area contributed by atoms with Crippen molar-refractivity contribution in [3.8, 4) is 5.75 Å². The predicted molar refractivity (Wildman–Crippen MR) is 66.8 cm³/mol. The summed E-state index contributed by atoms with van der Waals surface area (Å²) in [6, 6.07) is 3.97. The topological polar surface area (TPSA) is 66.8 Å². The third kappa shape index (κ3) is 2.67. The molecule has 0 saturated heterocycles. The van der Waals surface area contributed by atoms with Gasteiger partial charge < -0.3 is 14.7 Å². The fourth-order valence-electron chi connectivity index (χ4n) is 1.45. The Morgan fingerprint density at radius 2 is 1.95 bits per heavy atom. The zero-order valence-electron chi connectivity index (χ0n) is 11.2. The monoisotopic (exact) mass is 269 g/mol. The Morgan fingerprint density at radius 1 is 1.37 bits per heavy atom. The van der Waals surface area contributed by atoms with Crippen LogP contribution >= 0.6 is 0 Å². The Morgan fingerprint density at radius 3 is 2.42 bits per heavy atom. The lowest BCUT2D eigenvalue weighted by molar-refractivity contribution is -0.147. The smallest absolute Gasteiger partial charge is 0.329 e. The molecule has 0 bridgehead atoms. The largest absolute Gasteiger partial charge is 0.496 e. The number of benzene rings is 1. The molecule has 0 radical (unpaired) electrons. The van der Waals surface area contributed by atoms with Crippen molar-refractivity contribution in [3.05, 3.63) is 29.6 Å². The second-order valence-electron chi connectivity index (χ2n) is 4.55. The lowest BCUT2D eigenvalue weighted by Gasteiger charge is -2.31. The van der Waals surface area contributed by atoms with E-state index in [1.807, 2.05) is 0 Å². The van der Waals surface area contributed by atoms with Crippen LogP contribution in [0.3, 0.4) is 0 Å². The molecule has 104 valence electrons. The van der Waals surface area contributed by atoms with E-state index in [0.29, 0.717) is 0 Å². The van der Waals surface area contributed by atoms with Crippen molar-refractivity contribution in [2.75, 3.05) is 14.2 Å². The van der Waals surface area contributed by atoms with Crippen molar-refractivity contribution in [2.45, 2.75) is 19.4 Å². The Hall–Kier alpha value is -2.11. The summed E-state index contributed by atoms with van der Waals surface area (Å²) >= 11 is 0. The summed E-state index contributed by atoms with van der Waals surface area (Å²) in [6.07, 6.45) is 0. The van der Waals surface area contributed by atoms with Gasteiger partial charge in [0.1, 0.15) is 22.7 Å². The number of hydrogen-bond donors (Lipinski definition) is 1. The number of hydrogen-bond acceptors (Lipinski definition) is 3. The van der Waals surface area contributed by atoms with Gasteiger partial charge in [0.25, 0.3) is 5.91 Å². The van der Waals surface area contributed by atoms with E-state index < -0.39 is 23.2 Å². The van der Waals surface area contributed by atoms with Crippen LogP contribution in [0.4, 0.5) is 4.39 Å². The molecule has 0 saturated carbocycles. The molecule has 1 rings (SSSR count). The third-order valence-electron chi connectivity index (χ3n) is 3.08. The lowest BCUT2D eigenvalue weighted by Crippen LogP contribution is -2.51. The minimum absolute atomic E-state index is 0.0676. The Bertz CT molecular complexity index is 513. The quantitative estimate of drug-likeness (QED) is 0.904. The number of amides is 1. The van der Waals surface area contributed by atoms with Crippen LogP contribution in [-0.4, -0.2) is 41.6 Å². The van der Waals surface area contributed by atoms with Crippen LogP contribution in [0.5, 0.6) is 5.75 Å². The molecular weight excluding hydrogens is 253 g/mol. The van der Waals surface area contributed by atoms with Crippen molar-refractivity contribution < 1.29 is 23.8 Å². The number of carbonyl (C=O) groups is 2. The van der Waals surface area contributed by atoms with Crippen molar-refractivity contribution in [1.82, 2.24) is 4.90 Å². The maximum absolute atomic E-state index is 13.8.